The van der Waals surface area contributed by atoms with Crippen molar-refractivity contribution >= 4 is 23.2 Å². The number of hydrogen-bond acceptors (Lipinski definition) is 3. The smallest absolute Gasteiger partial charge is 0.247 e. The second kappa shape index (κ2) is 7.38. The first-order valence-corrected chi connectivity index (χ1v) is 6.70. The van der Waals surface area contributed by atoms with E-state index >= 15 is 0 Å². The summed E-state index contributed by atoms with van der Waals surface area (Å²) in [4.78, 5) is 19.7. The number of phenols is 1. The van der Waals surface area contributed by atoms with Gasteiger partial charge in [-0.1, -0.05) is 20.4 Å². The molecule has 3 N–H and O–H groups in total. The first-order valence-electron chi connectivity index (χ1n) is 6.70. The highest BCUT2D eigenvalue weighted by Gasteiger charge is 2.07. The van der Waals surface area contributed by atoms with Gasteiger partial charge in [0.2, 0.25) is 5.91 Å². The molecule has 0 aromatic heterocycles. The van der Waals surface area contributed by atoms with Crippen molar-refractivity contribution in [3.63, 3.8) is 0 Å². The molecular formula is C16H21N3O2. The molecule has 0 fully saturated rings. The summed E-state index contributed by atoms with van der Waals surface area (Å²) >= 11 is 0. The summed E-state index contributed by atoms with van der Waals surface area (Å²) in [5.41, 5.74) is 7.44. The number of carbonyl (C=O) groups is 1. The highest BCUT2D eigenvalue weighted by atomic mass is 16.3. The number of amidine groups is 1. The molecule has 0 aliphatic carbocycles. The van der Waals surface area contributed by atoms with Crippen LogP contribution in [0.25, 0.3) is 5.70 Å². The van der Waals surface area contributed by atoms with Gasteiger partial charge in [-0.3, -0.25) is 4.79 Å². The normalized spacial score (nSPS) is 12.6. The second-order valence-corrected chi connectivity index (χ2v) is 5.18. The van der Waals surface area contributed by atoms with E-state index in [-0.39, 0.29) is 23.4 Å². The average molecular weight is 287 g/mol. The van der Waals surface area contributed by atoms with Gasteiger partial charge in [-0.05, 0) is 42.7 Å². The van der Waals surface area contributed by atoms with Crippen molar-refractivity contribution in [2.45, 2.75) is 27.2 Å². The van der Waals surface area contributed by atoms with Crippen molar-refractivity contribution in [2.24, 2.45) is 21.6 Å². The van der Waals surface area contributed by atoms with E-state index in [4.69, 9.17) is 5.73 Å². The second-order valence-electron chi connectivity index (χ2n) is 5.18. The Morgan fingerprint density at radius 2 is 1.86 bits per heavy atom. The number of hydrogen-bond donors (Lipinski definition) is 2. The molecule has 0 unspecified atom stereocenters. The molecule has 5 heteroatoms. The van der Waals surface area contributed by atoms with Crippen LogP contribution in [0.1, 0.15) is 32.8 Å². The molecule has 0 heterocycles. The molecule has 0 bridgehead atoms. The summed E-state index contributed by atoms with van der Waals surface area (Å²) in [7, 11) is 0. The summed E-state index contributed by atoms with van der Waals surface area (Å²) in [5, 5.41) is 9.24. The molecule has 0 aliphatic heterocycles. The van der Waals surface area contributed by atoms with E-state index < -0.39 is 0 Å². The van der Waals surface area contributed by atoms with Crippen LogP contribution in [0.4, 0.5) is 0 Å². The third-order valence-corrected chi connectivity index (χ3v) is 2.70. The van der Waals surface area contributed by atoms with Gasteiger partial charge < -0.3 is 10.8 Å². The van der Waals surface area contributed by atoms with Crippen LogP contribution in [-0.2, 0) is 4.79 Å². The molecule has 0 spiro atoms. The zero-order valence-corrected chi connectivity index (χ0v) is 12.6. The fraction of sp³-hybridized carbons (Fsp3) is 0.312. The molecule has 0 saturated heterocycles. The lowest BCUT2D eigenvalue weighted by Crippen LogP contribution is -2.23. The summed E-state index contributed by atoms with van der Waals surface area (Å²) < 4.78 is 0. The molecule has 1 rings (SSSR count). The average Bonchev–Trinajstić information content (AvgIpc) is 2.38. The fourth-order valence-corrected chi connectivity index (χ4v) is 1.59. The van der Waals surface area contributed by atoms with E-state index in [0.717, 1.165) is 5.56 Å². The standard InChI is InChI=1S/C16H21N3O2/c1-10(2)9-15(21)19-16(17)12(4)18-11(3)13-5-7-14(20)8-6-13/h5-8,10,20H,3,9H2,1-2,4H3,(H2,17,19,21). The highest BCUT2D eigenvalue weighted by Crippen LogP contribution is 2.17. The lowest BCUT2D eigenvalue weighted by Gasteiger charge is -2.04. The molecule has 0 saturated carbocycles. The summed E-state index contributed by atoms with van der Waals surface area (Å²) in [5.74, 6) is 0.249. The molecule has 21 heavy (non-hydrogen) atoms. The van der Waals surface area contributed by atoms with Gasteiger partial charge in [0.15, 0.2) is 0 Å². The van der Waals surface area contributed by atoms with Crippen molar-refractivity contribution in [2.75, 3.05) is 0 Å². The van der Waals surface area contributed by atoms with Crippen molar-refractivity contribution in [1.29, 1.82) is 0 Å². The van der Waals surface area contributed by atoms with Gasteiger partial charge in [-0.25, -0.2) is 4.99 Å². The number of aromatic hydroxyl groups is 1. The number of phenolic OH excluding ortho intramolecular Hbond substituents is 1. The van der Waals surface area contributed by atoms with E-state index in [1.807, 2.05) is 13.8 Å². The predicted molar refractivity (Wildman–Crippen MR) is 86.3 cm³/mol. The maximum atomic E-state index is 11.6. The molecule has 1 aromatic rings. The molecular weight excluding hydrogens is 266 g/mol. The van der Waals surface area contributed by atoms with Crippen LogP contribution in [0.5, 0.6) is 5.75 Å². The topological polar surface area (TPSA) is 88.0 Å². The Balaban J connectivity index is 2.83. The van der Waals surface area contributed by atoms with Gasteiger partial charge in [0.1, 0.15) is 11.6 Å². The van der Waals surface area contributed by atoms with E-state index in [0.29, 0.717) is 17.8 Å². The van der Waals surface area contributed by atoms with Gasteiger partial charge in [-0.2, -0.15) is 4.99 Å². The van der Waals surface area contributed by atoms with Gasteiger partial charge in [0.05, 0.1) is 11.4 Å². The monoisotopic (exact) mass is 287 g/mol. The highest BCUT2D eigenvalue weighted by molar-refractivity contribution is 6.42. The predicted octanol–water partition coefficient (Wildman–Crippen LogP) is 2.75. The number of nitrogens with two attached hydrogens (primary N) is 1. The van der Waals surface area contributed by atoms with Crippen LogP contribution >= 0.6 is 0 Å². The lowest BCUT2D eigenvalue weighted by molar-refractivity contribution is -0.118. The number of carbonyl (C=O) groups excluding carboxylic acids is 1. The fourth-order valence-electron chi connectivity index (χ4n) is 1.59. The van der Waals surface area contributed by atoms with Gasteiger partial charge in [-0.15, -0.1) is 0 Å². The number of benzene rings is 1. The SMILES string of the molecule is C=C(N=C(C)C(N)=NC(=O)CC(C)C)c1ccc(O)cc1. The zero-order chi connectivity index (χ0) is 16.0. The van der Waals surface area contributed by atoms with Crippen LogP contribution in [0, 0.1) is 5.92 Å². The van der Waals surface area contributed by atoms with Crippen LogP contribution in [0.2, 0.25) is 0 Å². The summed E-state index contributed by atoms with van der Waals surface area (Å²) in [6.07, 6.45) is 0.354. The van der Waals surface area contributed by atoms with Gasteiger partial charge in [0.25, 0.3) is 0 Å². The Bertz CT molecular complexity index is 584. The quantitative estimate of drug-likeness (QED) is 0.644. The minimum atomic E-state index is -0.257. The molecule has 0 aliphatic rings. The van der Waals surface area contributed by atoms with Crippen molar-refractivity contribution in [1.82, 2.24) is 0 Å². The Hall–Kier alpha value is -2.43. The first kappa shape index (κ1) is 16.6. The third kappa shape index (κ3) is 5.60. The van der Waals surface area contributed by atoms with E-state index in [1.165, 1.54) is 0 Å². The molecule has 1 aromatic carbocycles. The Morgan fingerprint density at radius 3 is 2.38 bits per heavy atom. The maximum absolute atomic E-state index is 11.6. The first-order chi connectivity index (χ1) is 9.79. The van der Waals surface area contributed by atoms with Crippen molar-refractivity contribution < 1.29 is 9.90 Å². The van der Waals surface area contributed by atoms with E-state index in [9.17, 15) is 9.90 Å². The van der Waals surface area contributed by atoms with Crippen molar-refractivity contribution in [3.8, 4) is 5.75 Å². The largest absolute Gasteiger partial charge is 0.508 e. The third-order valence-electron chi connectivity index (χ3n) is 2.70. The lowest BCUT2D eigenvalue weighted by atomic mass is 10.1. The Labute approximate surface area is 124 Å². The molecule has 112 valence electrons. The van der Waals surface area contributed by atoms with Crippen molar-refractivity contribution in [3.05, 3.63) is 36.4 Å². The number of amides is 1. The summed E-state index contributed by atoms with van der Waals surface area (Å²) in [6, 6.07) is 6.50. The van der Waals surface area contributed by atoms with Gasteiger partial charge >= 0.3 is 0 Å². The number of rotatable bonds is 5. The Morgan fingerprint density at radius 1 is 1.29 bits per heavy atom. The van der Waals surface area contributed by atoms with Crippen LogP contribution in [0.3, 0.4) is 0 Å². The minimum Gasteiger partial charge on any atom is -0.508 e. The van der Waals surface area contributed by atoms with Crippen LogP contribution < -0.4 is 5.73 Å². The van der Waals surface area contributed by atoms with E-state index in [1.54, 1.807) is 31.2 Å². The Kier molecular flexibility index (Phi) is 5.84. The number of nitrogens with zero attached hydrogens (tertiary/aromatic N) is 2. The van der Waals surface area contributed by atoms with E-state index in [2.05, 4.69) is 16.6 Å². The van der Waals surface area contributed by atoms with Gasteiger partial charge in [0, 0.05) is 6.42 Å². The molecule has 1 amide bonds. The molecule has 0 radical (unpaired) electrons. The minimum absolute atomic E-state index is 0.0978. The molecule has 0 atom stereocenters. The molecule has 5 nitrogen and oxygen atoms in total. The van der Waals surface area contributed by atoms with Crippen LogP contribution in [0.15, 0.2) is 40.8 Å². The maximum Gasteiger partial charge on any atom is 0.247 e. The van der Waals surface area contributed by atoms with Crippen LogP contribution in [-0.4, -0.2) is 22.6 Å². The zero-order valence-electron chi connectivity index (χ0n) is 12.6. The summed E-state index contributed by atoms with van der Waals surface area (Å²) in [6.45, 7) is 9.40. The number of aliphatic imine (C=N–C) groups is 2.